The Morgan fingerprint density at radius 1 is 1.24 bits per heavy atom. The maximum Gasteiger partial charge on any atom is 0.251 e. The lowest BCUT2D eigenvalue weighted by Crippen LogP contribution is -2.48. The topological polar surface area (TPSA) is 38.1 Å². The van der Waals surface area contributed by atoms with Gasteiger partial charge in [0.15, 0.2) is 0 Å². The van der Waals surface area contributed by atoms with Gasteiger partial charge in [-0.15, -0.1) is 0 Å². The number of pyridine rings is 2. The van der Waals surface area contributed by atoms with Crippen LogP contribution in [0.2, 0.25) is 0 Å². The fraction of sp³-hybridized carbons (Fsp3) is 0.524. The molecule has 2 aromatic rings. The summed E-state index contributed by atoms with van der Waals surface area (Å²) in [5, 5.41) is 0. The van der Waals surface area contributed by atoms with Crippen LogP contribution in [-0.2, 0) is 6.54 Å². The molecule has 2 atom stereocenters. The van der Waals surface area contributed by atoms with Gasteiger partial charge in [0.2, 0.25) is 0 Å². The van der Waals surface area contributed by atoms with Crippen molar-refractivity contribution in [3.05, 3.63) is 52.2 Å². The Balaban J connectivity index is 1.73. The molecule has 2 aliphatic rings. The van der Waals surface area contributed by atoms with Crippen LogP contribution in [0.15, 0.2) is 35.4 Å². The summed E-state index contributed by atoms with van der Waals surface area (Å²) in [6.07, 6.45) is 4.89. The van der Waals surface area contributed by atoms with E-state index in [0.29, 0.717) is 17.8 Å². The maximum atomic E-state index is 12.8. The Bertz CT molecular complexity index is 839. The van der Waals surface area contributed by atoms with Crippen LogP contribution < -0.4 is 5.56 Å². The van der Waals surface area contributed by atoms with Crippen LogP contribution in [0, 0.1) is 18.8 Å². The summed E-state index contributed by atoms with van der Waals surface area (Å²) in [6.45, 7) is 10.9. The minimum Gasteiger partial charge on any atom is -0.312 e. The zero-order valence-corrected chi connectivity index (χ0v) is 15.4. The molecule has 1 fully saturated rings. The van der Waals surface area contributed by atoms with Crippen LogP contribution in [0.4, 0.5) is 0 Å². The molecule has 2 aliphatic heterocycles. The number of likely N-dealkylation sites (tertiary alicyclic amines) is 1. The predicted octanol–water partition coefficient (Wildman–Crippen LogP) is 3.29. The van der Waals surface area contributed by atoms with E-state index in [1.807, 2.05) is 16.8 Å². The van der Waals surface area contributed by atoms with Gasteiger partial charge in [0.25, 0.3) is 5.56 Å². The molecule has 0 aliphatic carbocycles. The Morgan fingerprint density at radius 2 is 2.08 bits per heavy atom. The van der Waals surface area contributed by atoms with E-state index in [0.717, 1.165) is 42.9 Å². The van der Waals surface area contributed by atoms with E-state index in [4.69, 9.17) is 0 Å². The van der Waals surface area contributed by atoms with E-state index in [-0.39, 0.29) is 5.56 Å². The second kappa shape index (κ2) is 6.41. The molecule has 4 nitrogen and oxygen atoms in total. The normalized spacial score (nSPS) is 22.9. The standard InChI is InChI=1S/C21H27N3O/c1-14(2)10-23-11-16-6-18(13-23)20-7-17(8-21(25)24(20)12-16)19-9-22-5-4-15(19)3/h4-5,7-9,14,16,18H,6,10-13H2,1-3H3/t16-,18+/m0/s1. The van der Waals surface area contributed by atoms with Crippen LogP contribution >= 0.6 is 0 Å². The van der Waals surface area contributed by atoms with Gasteiger partial charge in [0.05, 0.1) is 0 Å². The summed E-state index contributed by atoms with van der Waals surface area (Å²) in [4.78, 5) is 19.6. The molecular weight excluding hydrogens is 310 g/mol. The Labute approximate surface area is 149 Å². The van der Waals surface area contributed by atoms with E-state index in [1.165, 1.54) is 12.1 Å². The average Bonchev–Trinajstić information content (AvgIpc) is 2.55. The van der Waals surface area contributed by atoms with Crippen molar-refractivity contribution in [3.63, 3.8) is 0 Å². The zero-order chi connectivity index (χ0) is 17.6. The van der Waals surface area contributed by atoms with E-state index in [9.17, 15) is 4.79 Å². The summed E-state index contributed by atoms with van der Waals surface area (Å²) < 4.78 is 2.03. The second-order valence-electron chi connectivity index (χ2n) is 8.22. The van der Waals surface area contributed by atoms with Gasteiger partial charge in [-0.2, -0.15) is 0 Å². The van der Waals surface area contributed by atoms with Crippen molar-refractivity contribution in [2.45, 2.75) is 39.7 Å². The van der Waals surface area contributed by atoms with E-state index in [1.54, 1.807) is 12.3 Å². The minimum absolute atomic E-state index is 0.141. The van der Waals surface area contributed by atoms with E-state index >= 15 is 0 Å². The highest BCUT2D eigenvalue weighted by Gasteiger charge is 2.34. The number of hydrogen-bond acceptors (Lipinski definition) is 3. The van der Waals surface area contributed by atoms with Gasteiger partial charge in [-0.3, -0.25) is 9.78 Å². The van der Waals surface area contributed by atoms with Crippen LogP contribution in [0.5, 0.6) is 0 Å². The molecule has 0 N–H and O–H groups in total. The summed E-state index contributed by atoms with van der Waals surface area (Å²) in [7, 11) is 0. The molecule has 2 bridgehead atoms. The Morgan fingerprint density at radius 3 is 2.84 bits per heavy atom. The van der Waals surface area contributed by atoms with Crippen LogP contribution in [0.1, 0.15) is 37.4 Å². The van der Waals surface area contributed by atoms with Crippen molar-refractivity contribution in [2.24, 2.45) is 11.8 Å². The lowest BCUT2D eigenvalue weighted by Gasteiger charge is -2.43. The van der Waals surface area contributed by atoms with Crippen LogP contribution in [0.25, 0.3) is 11.1 Å². The third-order valence-electron chi connectivity index (χ3n) is 5.61. The first-order chi connectivity index (χ1) is 12.0. The smallest absolute Gasteiger partial charge is 0.251 e. The summed E-state index contributed by atoms with van der Waals surface area (Å²) in [6, 6.07) is 6.04. The monoisotopic (exact) mass is 337 g/mol. The third-order valence-corrected chi connectivity index (χ3v) is 5.61. The Hall–Kier alpha value is -1.94. The first kappa shape index (κ1) is 16.5. The van der Waals surface area contributed by atoms with Crippen molar-refractivity contribution < 1.29 is 0 Å². The van der Waals surface area contributed by atoms with Crippen molar-refractivity contribution in [2.75, 3.05) is 19.6 Å². The lowest BCUT2D eigenvalue weighted by atomic mass is 9.82. The SMILES string of the molecule is Cc1ccncc1-c1cc2n(c(=O)c1)C[C@H]1C[C@@H]2CN(CC(C)C)C1. The quantitative estimate of drug-likeness (QED) is 0.862. The Kier molecular flexibility index (Phi) is 4.24. The summed E-state index contributed by atoms with van der Waals surface area (Å²) in [5.74, 6) is 1.76. The zero-order valence-electron chi connectivity index (χ0n) is 15.4. The number of piperidine rings is 1. The molecule has 25 heavy (non-hydrogen) atoms. The van der Waals surface area contributed by atoms with Crippen molar-refractivity contribution in [3.8, 4) is 11.1 Å². The molecule has 4 rings (SSSR count). The molecule has 0 unspecified atom stereocenters. The first-order valence-electron chi connectivity index (χ1n) is 9.39. The molecule has 1 saturated heterocycles. The maximum absolute atomic E-state index is 12.8. The largest absolute Gasteiger partial charge is 0.312 e. The molecule has 0 amide bonds. The van der Waals surface area contributed by atoms with Gasteiger partial charge in [0, 0.05) is 61.8 Å². The fourth-order valence-corrected chi connectivity index (χ4v) is 4.65. The molecule has 132 valence electrons. The molecule has 2 aromatic heterocycles. The van der Waals surface area contributed by atoms with Gasteiger partial charge in [-0.1, -0.05) is 13.8 Å². The van der Waals surface area contributed by atoms with Gasteiger partial charge in [-0.25, -0.2) is 0 Å². The predicted molar refractivity (Wildman–Crippen MR) is 101 cm³/mol. The molecular formula is C21H27N3O. The van der Waals surface area contributed by atoms with Crippen molar-refractivity contribution >= 4 is 0 Å². The summed E-state index contributed by atoms with van der Waals surface area (Å²) in [5.41, 5.74) is 4.61. The van der Waals surface area contributed by atoms with Crippen LogP contribution in [0.3, 0.4) is 0 Å². The van der Waals surface area contributed by atoms with Gasteiger partial charge in [0.1, 0.15) is 0 Å². The number of aryl methyl sites for hydroxylation is 1. The molecule has 4 heterocycles. The van der Waals surface area contributed by atoms with E-state index < -0.39 is 0 Å². The van der Waals surface area contributed by atoms with Crippen LogP contribution in [-0.4, -0.2) is 34.1 Å². The highest BCUT2D eigenvalue weighted by atomic mass is 16.1. The van der Waals surface area contributed by atoms with Crippen molar-refractivity contribution in [1.82, 2.24) is 14.5 Å². The number of nitrogens with zero attached hydrogens (tertiary/aromatic N) is 3. The van der Waals surface area contributed by atoms with Gasteiger partial charge < -0.3 is 9.47 Å². The molecule has 0 radical (unpaired) electrons. The minimum atomic E-state index is 0.141. The van der Waals surface area contributed by atoms with Gasteiger partial charge >= 0.3 is 0 Å². The molecule has 0 spiro atoms. The first-order valence-corrected chi connectivity index (χ1v) is 9.39. The number of rotatable bonds is 3. The molecule has 4 heteroatoms. The second-order valence-corrected chi connectivity index (χ2v) is 8.22. The van der Waals surface area contributed by atoms with Gasteiger partial charge in [-0.05, 0) is 48.4 Å². The van der Waals surface area contributed by atoms with Crippen molar-refractivity contribution in [1.29, 1.82) is 0 Å². The molecule has 0 aromatic carbocycles. The highest BCUT2D eigenvalue weighted by Crippen LogP contribution is 2.37. The summed E-state index contributed by atoms with van der Waals surface area (Å²) >= 11 is 0. The lowest BCUT2D eigenvalue weighted by molar-refractivity contribution is 0.109. The van der Waals surface area contributed by atoms with E-state index in [2.05, 4.69) is 36.7 Å². The average molecular weight is 337 g/mol. The number of aromatic nitrogens is 2. The number of hydrogen-bond donors (Lipinski definition) is 0. The third kappa shape index (κ3) is 3.15. The molecule has 0 saturated carbocycles. The highest BCUT2D eigenvalue weighted by molar-refractivity contribution is 5.66. The fourth-order valence-electron chi connectivity index (χ4n) is 4.65. The number of fused-ring (bicyclic) bond motifs is 4.